The van der Waals surface area contributed by atoms with E-state index in [0.717, 1.165) is 51.8 Å². The summed E-state index contributed by atoms with van der Waals surface area (Å²) < 4.78 is 8.68. The Morgan fingerprint density at radius 3 is 2.81 bits per heavy atom. The molecule has 2 N–H and O–H groups in total. The van der Waals surface area contributed by atoms with Crippen LogP contribution in [-0.4, -0.2) is 40.3 Å². The molecule has 0 fully saturated rings. The minimum absolute atomic E-state index is 0.366. The van der Waals surface area contributed by atoms with Gasteiger partial charge < -0.3 is 0 Å². The normalized spacial score (nSPS) is 13.7. The van der Waals surface area contributed by atoms with Crippen LogP contribution in [0.4, 0.5) is 5.82 Å². The van der Waals surface area contributed by atoms with Crippen molar-refractivity contribution < 1.29 is 4.42 Å². The van der Waals surface area contributed by atoms with Gasteiger partial charge in [0, 0.05) is 0 Å². The van der Waals surface area contributed by atoms with E-state index < -0.39 is 0 Å². The Balaban J connectivity index is 1.54. The van der Waals surface area contributed by atoms with Crippen LogP contribution in [0.2, 0.25) is 9.91 Å². The van der Waals surface area contributed by atoms with E-state index in [0.29, 0.717) is 33.0 Å². The van der Waals surface area contributed by atoms with E-state index in [1.54, 1.807) is 24.2 Å². The Labute approximate surface area is 198 Å². The molecule has 0 bridgehead atoms. The van der Waals surface area contributed by atoms with Crippen LogP contribution in [0, 0.1) is 0 Å². The molecule has 4 aromatic rings. The monoisotopic (exact) mass is 509 g/mol. The van der Waals surface area contributed by atoms with Crippen molar-refractivity contribution in [2.45, 2.75) is 66.0 Å². The molecule has 7 nitrogen and oxygen atoms in total. The van der Waals surface area contributed by atoms with Crippen LogP contribution in [-0.2, 0) is 19.4 Å². The fraction of sp³-hybridized carbons (Fsp3) is 0.391. The first-order valence-electron chi connectivity index (χ1n) is 11.0. The summed E-state index contributed by atoms with van der Waals surface area (Å²) in [5.41, 5.74) is 11.4. The summed E-state index contributed by atoms with van der Waals surface area (Å²) in [6.07, 6.45) is 9.37. The molecule has 0 amide bonds. The Kier molecular flexibility index (Phi) is 6.24. The predicted molar refractivity (Wildman–Crippen MR) is 128 cm³/mol. The molecule has 3 heterocycles. The van der Waals surface area contributed by atoms with E-state index in [1.807, 2.05) is 0 Å². The molecule has 0 atom stereocenters. The molecule has 0 spiro atoms. The molecule has 165 valence electrons. The number of fused-ring (bicyclic) bond motifs is 2. The van der Waals surface area contributed by atoms with Crippen molar-refractivity contribution in [1.82, 2.24) is 24.5 Å². The molecule has 32 heavy (non-hydrogen) atoms. The van der Waals surface area contributed by atoms with Crippen molar-refractivity contribution in [3.63, 3.8) is 0 Å². The van der Waals surface area contributed by atoms with Gasteiger partial charge in [-0.15, -0.1) is 0 Å². The zero-order valence-corrected chi connectivity index (χ0v) is 21.0. The topological polar surface area (TPSA) is 95.7 Å². The fourth-order valence-corrected chi connectivity index (χ4v) is 6.94. The number of nitrogens with two attached hydrogens (primary N) is 1. The van der Waals surface area contributed by atoms with Crippen molar-refractivity contribution >= 4 is 44.5 Å². The molecule has 3 aromatic heterocycles. The molecule has 1 aliphatic rings. The summed E-state index contributed by atoms with van der Waals surface area (Å²) in [5, 5.41) is 2.15. The van der Waals surface area contributed by atoms with Crippen molar-refractivity contribution in [2.75, 3.05) is 5.73 Å². The molecule has 0 saturated carbocycles. The number of hydrogen-bond acceptors (Lipinski definition) is 7. The Bertz CT molecular complexity index is 1240. The number of oxazole rings is 1. The molecule has 5 rings (SSSR count). The molecule has 1 aliphatic carbocycles. The Morgan fingerprint density at radius 2 is 2.03 bits per heavy atom. The number of nitrogen functional groups attached to an aromatic ring is 1. The quantitative estimate of drug-likeness (QED) is 0.263. The van der Waals surface area contributed by atoms with Gasteiger partial charge in [0.05, 0.1) is 0 Å². The molecule has 1 radical (unpaired) electrons. The molecule has 0 saturated heterocycles. The average Bonchev–Trinajstić information content (AvgIpc) is 3.51. The van der Waals surface area contributed by atoms with Gasteiger partial charge in [0.15, 0.2) is 0 Å². The minimum atomic E-state index is 0.366. The second-order valence-corrected chi connectivity index (χ2v) is 13.1. The van der Waals surface area contributed by atoms with Gasteiger partial charge in [0.1, 0.15) is 0 Å². The van der Waals surface area contributed by atoms with E-state index in [9.17, 15) is 0 Å². The van der Waals surface area contributed by atoms with Crippen molar-refractivity contribution in [1.29, 1.82) is 0 Å². The molecule has 0 unspecified atom stereocenters. The Morgan fingerprint density at radius 1 is 1.19 bits per heavy atom. The third kappa shape index (κ3) is 4.30. The number of benzene rings is 1. The van der Waals surface area contributed by atoms with E-state index in [2.05, 4.69) is 45.5 Å². The van der Waals surface area contributed by atoms with Crippen LogP contribution in [0.5, 0.6) is 0 Å². The number of rotatable bonds is 8. The van der Waals surface area contributed by atoms with E-state index in [-0.39, 0.29) is 0 Å². The van der Waals surface area contributed by atoms with Gasteiger partial charge in [0.2, 0.25) is 0 Å². The van der Waals surface area contributed by atoms with Crippen molar-refractivity contribution in [2.24, 2.45) is 0 Å². The molecule has 1 aromatic carbocycles. The first kappa shape index (κ1) is 21.5. The zero-order chi connectivity index (χ0) is 22.1. The second-order valence-electron chi connectivity index (χ2n) is 8.24. The summed E-state index contributed by atoms with van der Waals surface area (Å²) in [6, 6.07) is 4.53. The van der Waals surface area contributed by atoms with Crippen molar-refractivity contribution in [3.05, 3.63) is 42.0 Å². The molecule has 9 heteroatoms. The number of hydrogen-bond donors (Lipinski definition) is 1. The first-order chi connectivity index (χ1) is 15.6. The predicted octanol–water partition coefficient (Wildman–Crippen LogP) is 5.04. The van der Waals surface area contributed by atoms with Gasteiger partial charge >= 0.3 is 199 Å². The molecule has 0 aliphatic heterocycles. The number of aromatic nitrogens is 5. The first-order valence-corrected chi connectivity index (χ1v) is 14.2. The number of imidazole rings is 1. The van der Waals surface area contributed by atoms with Gasteiger partial charge in [-0.3, -0.25) is 0 Å². The summed E-state index contributed by atoms with van der Waals surface area (Å²) in [7, 11) is 0. The van der Waals surface area contributed by atoms with Crippen LogP contribution in [0.3, 0.4) is 0 Å². The van der Waals surface area contributed by atoms with Gasteiger partial charge in [-0.2, -0.15) is 0 Å². The molecular weight excluding hydrogens is 483 g/mol. The van der Waals surface area contributed by atoms with Crippen LogP contribution in [0.1, 0.15) is 37.8 Å². The van der Waals surface area contributed by atoms with E-state index in [4.69, 9.17) is 15.1 Å². The fourth-order valence-electron chi connectivity index (χ4n) is 4.10. The summed E-state index contributed by atoms with van der Waals surface area (Å²) in [5.74, 6) is 1.07. The maximum atomic E-state index is 6.15. The van der Waals surface area contributed by atoms with Gasteiger partial charge in [0.25, 0.3) is 0 Å². The summed E-state index contributed by atoms with van der Waals surface area (Å²) in [6.45, 7) is 5.48. The zero-order valence-electron chi connectivity index (χ0n) is 18.3. The number of nitrogens with zero attached hydrogens (tertiary/aromatic N) is 5. The second kappa shape index (κ2) is 9.28. The van der Waals surface area contributed by atoms with Crippen LogP contribution in [0.25, 0.3) is 22.6 Å². The van der Waals surface area contributed by atoms with E-state index in [1.165, 1.54) is 29.1 Å². The third-order valence-electron chi connectivity index (χ3n) is 5.62. The van der Waals surface area contributed by atoms with Crippen molar-refractivity contribution in [3.8, 4) is 11.5 Å². The summed E-state index contributed by atoms with van der Waals surface area (Å²) >= 11 is 2.01. The van der Waals surface area contributed by atoms with Gasteiger partial charge in [-0.05, 0) is 0 Å². The van der Waals surface area contributed by atoms with Crippen LogP contribution < -0.4 is 5.73 Å². The Hall–Kier alpha value is -2.31. The van der Waals surface area contributed by atoms with Gasteiger partial charge in [-0.25, -0.2) is 0 Å². The van der Waals surface area contributed by atoms with Crippen LogP contribution >= 0.6 is 11.8 Å². The molecular formula is C23H26AsN6OS. The SMILES string of the molecule is CC(C)[As]CCCn1c(Sc2cc3c(cc2-c2ncco2)CCC3)nc2c(N)ncnc21. The number of anilines is 1. The van der Waals surface area contributed by atoms with E-state index >= 15 is 0 Å². The van der Waals surface area contributed by atoms with Crippen LogP contribution in [0.15, 0.2) is 45.4 Å². The average molecular weight is 509 g/mol. The maximum absolute atomic E-state index is 6.15. The van der Waals surface area contributed by atoms with Gasteiger partial charge in [-0.1, -0.05) is 0 Å². The number of aryl methyl sites for hydroxylation is 3. The summed E-state index contributed by atoms with van der Waals surface area (Å²) in [4.78, 5) is 19.1. The third-order valence-corrected chi connectivity index (χ3v) is 9.41. The standard InChI is InChI=1S/C23H26AsN6OS/c1-14(2)24-7-4-9-30-21-19(20(25)27-13-28-21)29-23(30)32-18-12-16-6-3-5-15(16)11-17(18)22-26-8-10-31-22/h8,10-14H,3-7,9H2,1-2H3,(H2,25,27,28).